The first-order chi connectivity index (χ1) is 12.9. The number of carbonyl (C=O) groups is 1. The number of anilines is 2. The zero-order valence-electron chi connectivity index (χ0n) is 13.8. The second kappa shape index (κ2) is 7.89. The number of amides is 1. The van der Waals surface area contributed by atoms with E-state index >= 15 is 0 Å². The van der Waals surface area contributed by atoms with E-state index < -0.39 is 21.7 Å². The van der Waals surface area contributed by atoms with E-state index in [0.29, 0.717) is 10.2 Å². The molecule has 0 heterocycles. The van der Waals surface area contributed by atoms with Crippen molar-refractivity contribution < 1.29 is 17.6 Å². The monoisotopic (exact) mass is 448 g/mol. The summed E-state index contributed by atoms with van der Waals surface area (Å²) in [4.78, 5) is 12.4. The predicted octanol–water partition coefficient (Wildman–Crippen LogP) is 4.64. The zero-order valence-corrected chi connectivity index (χ0v) is 16.2. The zero-order chi connectivity index (χ0) is 19.4. The van der Waals surface area contributed by atoms with Gasteiger partial charge in [-0.2, -0.15) is 0 Å². The average molecular weight is 449 g/mol. The molecule has 5 nitrogen and oxygen atoms in total. The van der Waals surface area contributed by atoms with Crippen molar-refractivity contribution in [3.8, 4) is 0 Å². The third-order valence-corrected chi connectivity index (χ3v) is 5.54. The Labute approximate surface area is 164 Å². The molecule has 0 aromatic heterocycles. The fourth-order valence-corrected chi connectivity index (χ4v) is 3.99. The van der Waals surface area contributed by atoms with Crippen LogP contribution in [-0.4, -0.2) is 14.3 Å². The molecule has 0 aliphatic rings. The largest absolute Gasteiger partial charge is 0.322 e. The maximum atomic E-state index is 13.8. The molecule has 0 aliphatic carbocycles. The van der Waals surface area contributed by atoms with Crippen molar-refractivity contribution in [2.75, 3.05) is 10.0 Å². The van der Waals surface area contributed by atoms with Gasteiger partial charge in [-0.1, -0.05) is 46.3 Å². The van der Waals surface area contributed by atoms with Gasteiger partial charge in [0.05, 0.1) is 11.3 Å². The molecule has 0 atom stereocenters. The predicted molar refractivity (Wildman–Crippen MR) is 106 cm³/mol. The summed E-state index contributed by atoms with van der Waals surface area (Å²) in [6.07, 6.45) is 0. The Kier molecular flexibility index (Phi) is 5.57. The Hall–Kier alpha value is -2.71. The summed E-state index contributed by atoms with van der Waals surface area (Å²) in [5.41, 5.74) is 0.250. The highest BCUT2D eigenvalue weighted by atomic mass is 79.9. The van der Waals surface area contributed by atoms with Crippen LogP contribution in [0.5, 0.6) is 0 Å². The summed E-state index contributed by atoms with van der Waals surface area (Å²) in [6.45, 7) is 0. The van der Waals surface area contributed by atoms with Crippen molar-refractivity contribution >= 4 is 43.2 Å². The Balaban J connectivity index is 1.98. The first kappa shape index (κ1) is 19.1. The van der Waals surface area contributed by atoms with Crippen LogP contribution >= 0.6 is 15.9 Å². The van der Waals surface area contributed by atoms with Crippen LogP contribution in [0.4, 0.5) is 15.8 Å². The van der Waals surface area contributed by atoms with Crippen molar-refractivity contribution in [1.82, 2.24) is 0 Å². The topological polar surface area (TPSA) is 75.3 Å². The Morgan fingerprint density at radius 3 is 2.30 bits per heavy atom. The second-order valence-electron chi connectivity index (χ2n) is 5.55. The third-order valence-electron chi connectivity index (χ3n) is 3.63. The maximum Gasteiger partial charge on any atom is 0.262 e. The van der Waals surface area contributed by atoms with Crippen molar-refractivity contribution in [3.05, 3.63) is 88.6 Å². The molecule has 1 amide bonds. The molecule has 3 aromatic rings. The number of halogens is 2. The van der Waals surface area contributed by atoms with Crippen LogP contribution < -0.4 is 10.0 Å². The van der Waals surface area contributed by atoms with Crippen LogP contribution in [0, 0.1) is 5.82 Å². The molecule has 8 heteroatoms. The highest BCUT2D eigenvalue weighted by molar-refractivity contribution is 9.10. The van der Waals surface area contributed by atoms with E-state index in [1.165, 1.54) is 36.4 Å². The quantitative estimate of drug-likeness (QED) is 0.596. The first-order valence-corrected chi connectivity index (χ1v) is 10.1. The van der Waals surface area contributed by atoms with Gasteiger partial charge < -0.3 is 5.32 Å². The molecule has 0 saturated carbocycles. The van der Waals surface area contributed by atoms with E-state index in [-0.39, 0.29) is 16.1 Å². The van der Waals surface area contributed by atoms with E-state index in [1.807, 2.05) is 0 Å². The lowest BCUT2D eigenvalue weighted by Crippen LogP contribution is -2.20. The number of sulfonamides is 1. The molecule has 0 saturated heterocycles. The molecular formula is C19H14BrFN2O3S. The minimum Gasteiger partial charge on any atom is -0.322 e. The van der Waals surface area contributed by atoms with Gasteiger partial charge in [-0.25, -0.2) is 12.8 Å². The van der Waals surface area contributed by atoms with E-state index in [1.54, 1.807) is 30.3 Å². The van der Waals surface area contributed by atoms with Crippen molar-refractivity contribution in [3.63, 3.8) is 0 Å². The summed E-state index contributed by atoms with van der Waals surface area (Å²) < 4.78 is 42.1. The van der Waals surface area contributed by atoms with Crippen LogP contribution in [-0.2, 0) is 10.0 Å². The molecular weight excluding hydrogens is 435 g/mol. The number of para-hydroxylation sites is 2. The first-order valence-electron chi connectivity index (χ1n) is 7.80. The molecule has 138 valence electrons. The minimum atomic E-state index is -4.19. The lowest BCUT2D eigenvalue weighted by atomic mass is 10.2. The van der Waals surface area contributed by atoms with Crippen LogP contribution in [0.3, 0.4) is 0 Å². The minimum absolute atomic E-state index is 0.0722. The molecule has 0 spiro atoms. The molecule has 0 fully saturated rings. The molecule has 0 radical (unpaired) electrons. The van der Waals surface area contributed by atoms with Gasteiger partial charge in [0.15, 0.2) is 0 Å². The van der Waals surface area contributed by atoms with Gasteiger partial charge >= 0.3 is 0 Å². The van der Waals surface area contributed by atoms with Crippen LogP contribution in [0.1, 0.15) is 10.4 Å². The normalized spacial score (nSPS) is 11.0. The van der Waals surface area contributed by atoms with Crippen molar-refractivity contribution in [1.29, 1.82) is 0 Å². The number of hydrogen-bond donors (Lipinski definition) is 2. The highest BCUT2D eigenvalue weighted by Gasteiger charge is 2.24. The van der Waals surface area contributed by atoms with Gasteiger partial charge in [0.2, 0.25) is 0 Å². The van der Waals surface area contributed by atoms with Gasteiger partial charge in [-0.3, -0.25) is 9.52 Å². The standard InChI is InChI=1S/C19H14BrFN2O3S/c20-13-10-11-18(27(25,26)23-17-9-5-4-8-16(17)21)15(12-13)19(24)22-14-6-2-1-3-7-14/h1-12,23H,(H,22,24). The third kappa shape index (κ3) is 4.53. The number of carbonyl (C=O) groups excluding carboxylic acids is 1. The van der Waals surface area contributed by atoms with Crippen molar-refractivity contribution in [2.24, 2.45) is 0 Å². The number of hydrogen-bond acceptors (Lipinski definition) is 3. The van der Waals surface area contributed by atoms with Gasteiger partial charge in [0.1, 0.15) is 10.7 Å². The summed E-state index contributed by atoms with van der Waals surface area (Å²) in [5, 5.41) is 2.65. The Morgan fingerprint density at radius 1 is 0.926 bits per heavy atom. The van der Waals surface area contributed by atoms with Gasteiger partial charge in [0, 0.05) is 10.2 Å². The van der Waals surface area contributed by atoms with Gasteiger partial charge in [0.25, 0.3) is 15.9 Å². The summed E-state index contributed by atoms with van der Waals surface area (Å²) in [6, 6.07) is 18.2. The molecule has 27 heavy (non-hydrogen) atoms. The van der Waals surface area contributed by atoms with Crippen LogP contribution in [0.25, 0.3) is 0 Å². The SMILES string of the molecule is O=C(Nc1ccccc1)c1cc(Br)ccc1S(=O)(=O)Nc1ccccc1F. The smallest absolute Gasteiger partial charge is 0.262 e. The van der Waals surface area contributed by atoms with Crippen molar-refractivity contribution in [2.45, 2.75) is 4.90 Å². The molecule has 0 aliphatic heterocycles. The number of nitrogens with one attached hydrogen (secondary N) is 2. The number of rotatable bonds is 5. The van der Waals surface area contributed by atoms with Crippen LogP contribution in [0.15, 0.2) is 82.2 Å². The molecule has 0 unspecified atom stereocenters. The molecule has 3 aromatic carbocycles. The van der Waals surface area contributed by atoms with Gasteiger partial charge in [-0.05, 0) is 42.5 Å². The molecule has 3 rings (SSSR count). The summed E-state index contributed by atoms with van der Waals surface area (Å²) >= 11 is 3.24. The number of benzene rings is 3. The summed E-state index contributed by atoms with van der Waals surface area (Å²) in [7, 11) is -4.19. The Bertz CT molecular complexity index is 1090. The van der Waals surface area contributed by atoms with Crippen LogP contribution in [0.2, 0.25) is 0 Å². The fraction of sp³-hybridized carbons (Fsp3) is 0. The van der Waals surface area contributed by atoms with Gasteiger partial charge in [-0.15, -0.1) is 0 Å². The lowest BCUT2D eigenvalue weighted by Gasteiger charge is -2.13. The lowest BCUT2D eigenvalue weighted by molar-refractivity contribution is 0.102. The Morgan fingerprint density at radius 2 is 1.59 bits per heavy atom. The molecule has 2 N–H and O–H groups in total. The highest BCUT2D eigenvalue weighted by Crippen LogP contribution is 2.25. The summed E-state index contributed by atoms with van der Waals surface area (Å²) in [5.74, 6) is -1.31. The maximum absolute atomic E-state index is 13.8. The van der Waals surface area contributed by atoms with E-state index in [4.69, 9.17) is 0 Å². The molecule has 0 bridgehead atoms. The van der Waals surface area contributed by atoms with E-state index in [0.717, 1.165) is 6.07 Å². The fourth-order valence-electron chi connectivity index (χ4n) is 2.38. The van der Waals surface area contributed by atoms with E-state index in [2.05, 4.69) is 26.0 Å². The second-order valence-corrected chi connectivity index (χ2v) is 8.11. The van der Waals surface area contributed by atoms with E-state index in [9.17, 15) is 17.6 Å². The average Bonchev–Trinajstić information content (AvgIpc) is 2.64.